The summed E-state index contributed by atoms with van der Waals surface area (Å²) < 4.78 is 12.9. The van der Waals surface area contributed by atoms with E-state index in [0.717, 1.165) is 23.5 Å². The van der Waals surface area contributed by atoms with Crippen molar-refractivity contribution >= 4 is 11.8 Å². The average molecular weight is 293 g/mol. The Balaban J connectivity index is 1.48. The van der Waals surface area contributed by atoms with E-state index in [-0.39, 0.29) is 5.82 Å². The van der Waals surface area contributed by atoms with Crippen LogP contribution in [0.25, 0.3) is 0 Å². The summed E-state index contributed by atoms with van der Waals surface area (Å²) in [6.07, 6.45) is 7.22. The molecule has 2 saturated carbocycles. The van der Waals surface area contributed by atoms with Crippen LogP contribution < -0.4 is 5.32 Å². The van der Waals surface area contributed by atoms with E-state index in [0.29, 0.717) is 6.04 Å². The van der Waals surface area contributed by atoms with Gasteiger partial charge in [-0.1, -0.05) is 6.42 Å². The molecule has 0 saturated heterocycles. The molecule has 0 spiro atoms. The Morgan fingerprint density at radius 2 is 2.05 bits per heavy atom. The number of nitrogens with one attached hydrogen (secondary N) is 1. The van der Waals surface area contributed by atoms with Gasteiger partial charge in [0.15, 0.2) is 0 Å². The van der Waals surface area contributed by atoms with Crippen molar-refractivity contribution in [2.45, 2.75) is 43.0 Å². The summed E-state index contributed by atoms with van der Waals surface area (Å²) in [5, 5.41) is 3.48. The smallest absolute Gasteiger partial charge is 0.123 e. The molecule has 4 atom stereocenters. The standard InChI is InChI=1S/C17H24FNS/c1-19-16(10-14-9-12-2-3-13(14)8-12)11-20-17-6-4-15(18)5-7-17/h4-7,12-14,16,19H,2-3,8-11H2,1H3. The summed E-state index contributed by atoms with van der Waals surface area (Å²) in [6, 6.07) is 7.43. The Kier molecular flexibility index (Phi) is 4.67. The molecule has 2 aliphatic carbocycles. The minimum Gasteiger partial charge on any atom is -0.316 e. The van der Waals surface area contributed by atoms with E-state index in [4.69, 9.17) is 0 Å². The van der Waals surface area contributed by atoms with Crippen LogP contribution >= 0.6 is 11.8 Å². The van der Waals surface area contributed by atoms with E-state index < -0.39 is 0 Å². The quantitative estimate of drug-likeness (QED) is 0.783. The Bertz CT molecular complexity index is 433. The molecule has 1 aromatic carbocycles. The first-order valence-corrected chi connectivity index (χ1v) is 8.78. The largest absolute Gasteiger partial charge is 0.316 e. The molecule has 0 aliphatic heterocycles. The Morgan fingerprint density at radius 1 is 1.25 bits per heavy atom. The number of rotatable bonds is 6. The van der Waals surface area contributed by atoms with E-state index in [2.05, 4.69) is 12.4 Å². The summed E-state index contributed by atoms with van der Waals surface area (Å²) in [4.78, 5) is 1.17. The third-order valence-electron chi connectivity index (χ3n) is 5.14. The molecule has 1 N–H and O–H groups in total. The van der Waals surface area contributed by atoms with Crippen molar-refractivity contribution in [1.29, 1.82) is 0 Å². The fourth-order valence-electron chi connectivity index (χ4n) is 4.03. The third kappa shape index (κ3) is 3.37. The van der Waals surface area contributed by atoms with Crippen LogP contribution in [0, 0.1) is 23.6 Å². The summed E-state index contributed by atoms with van der Waals surface area (Å²) in [7, 11) is 2.07. The van der Waals surface area contributed by atoms with Crippen LogP contribution in [0.3, 0.4) is 0 Å². The van der Waals surface area contributed by atoms with Crippen LogP contribution in [0.15, 0.2) is 29.2 Å². The number of hydrogen-bond acceptors (Lipinski definition) is 2. The zero-order chi connectivity index (χ0) is 13.9. The number of benzene rings is 1. The summed E-state index contributed by atoms with van der Waals surface area (Å²) in [5.41, 5.74) is 0. The van der Waals surface area contributed by atoms with Crippen molar-refractivity contribution in [3.63, 3.8) is 0 Å². The second kappa shape index (κ2) is 6.48. The minimum atomic E-state index is -0.151. The van der Waals surface area contributed by atoms with Gasteiger partial charge in [0.2, 0.25) is 0 Å². The van der Waals surface area contributed by atoms with Crippen LogP contribution in [0.4, 0.5) is 4.39 Å². The lowest BCUT2D eigenvalue weighted by atomic mass is 9.84. The number of fused-ring (bicyclic) bond motifs is 2. The van der Waals surface area contributed by atoms with Gasteiger partial charge in [-0.05, 0) is 74.8 Å². The maximum atomic E-state index is 12.9. The van der Waals surface area contributed by atoms with E-state index in [1.54, 1.807) is 12.1 Å². The molecule has 2 bridgehead atoms. The molecule has 0 amide bonds. The molecule has 1 aromatic rings. The van der Waals surface area contributed by atoms with Crippen molar-refractivity contribution in [3.8, 4) is 0 Å². The monoisotopic (exact) mass is 293 g/mol. The molecule has 1 nitrogen and oxygen atoms in total. The number of halogens is 1. The number of thioether (sulfide) groups is 1. The highest BCUT2D eigenvalue weighted by atomic mass is 32.2. The lowest BCUT2D eigenvalue weighted by Crippen LogP contribution is -2.31. The predicted molar refractivity (Wildman–Crippen MR) is 83.5 cm³/mol. The molecule has 4 unspecified atom stereocenters. The van der Waals surface area contributed by atoms with Crippen molar-refractivity contribution in [1.82, 2.24) is 5.32 Å². The first-order chi connectivity index (χ1) is 9.74. The van der Waals surface area contributed by atoms with Crippen LogP contribution in [-0.4, -0.2) is 18.8 Å². The van der Waals surface area contributed by atoms with Gasteiger partial charge in [-0.25, -0.2) is 4.39 Å². The van der Waals surface area contributed by atoms with Crippen molar-refractivity contribution in [3.05, 3.63) is 30.1 Å². The van der Waals surface area contributed by atoms with Gasteiger partial charge in [0.05, 0.1) is 0 Å². The normalized spacial score (nSPS) is 29.8. The van der Waals surface area contributed by atoms with Gasteiger partial charge >= 0.3 is 0 Å². The molecule has 2 aliphatic rings. The van der Waals surface area contributed by atoms with E-state index in [9.17, 15) is 4.39 Å². The van der Waals surface area contributed by atoms with Gasteiger partial charge in [0, 0.05) is 16.7 Å². The van der Waals surface area contributed by atoms with E-state index in [1.165, 1.54) is 37.0 Å². The molecule has 3 rings (SSSR count). The summed E-state index contributed by atoms with van der Waals surface area (Å²) in [6.45, 7) is 0. The first-order valence-electron chi connectivity index (χ1n) is 7.80. The van der Waals surface area contributed by atoms with Crippen molar-refractivity contribution in [2.75, 3.05) is 12.8 Å². The molecule has 0 heterocycles. The molecule has 110 valence electrons. The van der Waals surface area contributed by atoms with Gasteiger partial charge in [0.1, 0.15) is 5.82 Å². The van der Waals surface area contributed by atoms with Crippen molar-refractivity contribution < 1.29 is 4.39 Å². The number of hydrogen-bond donors (Lipinski definition) is 1. The van der Waals surface area contributed by atoms with Crippen molar-refractivity contribution in [2.24, 2.45) is 17.8 Å². The Labute approximate surface area is 125 Å². The molecule has 20 heavy (non-hydrogen) atoms. The minimum absolute atomic E-state index is 0.151. The third-order valence-corrected chi connectivity index (χ3v) is 6.32. The van der Waals surface area contributed by atoms with Crippen LogP contribution in [0.5, 0.6) is 0 Å². The SMILES string of the molecule is CNC(CSc1ccc(F)cc1)CC1CC2CCC1C2. The Morgan fingerprint density at radius 3 is 2.65 bits per heavy atom. The maximum Gasteiger partial charge on any atom is 0.123 e. The molecule has 3 heteroatoms. The van der Waals surface area contributed by atoms with E-state index in [1.807, 2.05) is 23.9 Å². The first kappa shape index (κ1) is 14.4. The molecule has 2 fully saturated rings. The molecular formula is C17H24FNS. The zero-order valence-corrected chi connectivity index (χ0v) is 13.0. The highest BCUT2D eigenvalue weighted by Crippen LogP contribution is 2.50. The van der Waals surface area contributed by atoms with Gasteiger partial charge in [-0.3, -0.25) is 0 Å². The maximum absolute atomic E-state index is 12.9. The van der Waals surface area contributed by atoms with Crippen LogP contribution in [0.1, 0.15) is 32.1 Å². The predicted octanol–water partition coefficient (Wildman–Crippen LogP) is 4.33. The fraction of sp³-hybridized carbons (Fsp3) is 0.647. The summed E-state index contributed by atoms with van der Waals surface area (Å²) >= 11 is 1.84. The summed E-state index contributed by atoms with van der Waals surface area (Å²) in [5.74, 6) is 3.91. The van der Waals surface area contributed by atoms with E-state index >= 15 is 0 Å². The van der Waals surface area contributed by atoms with Gasteiger partial charge in [-0.2, -0.15) is 0 Å². The molecule has 0 aromatic heterocycles. The fourth-order valence-corrected chi connectivity index (χ4v) is 5.05. The highest BCUT2D eigenvalue weighted by Gasteiger charge is 2.39. The second-order valence-corrected chi connectivity index (χ2v) is 7.51. The lowest BCUT2D eigenvalue weighted by Gasteiger charge is -2.26. The molecular weight excluding hydrogens is 269 g/mol. The zero-order valence-electron chi connectivity index (χ0n) is 12.1. The highest BCUT2D eigenvalue weighted by molar-refractivity contribution is 7.99. The van der Waals surface area contributed by atoms with Gasteiger partial charge in [-0.15, -0.1) is 11.8 Å². The van der Waals surface area contributed by atoms with Gasteiger partial charge < -0.3 is 5.32 Å². The average Bonchev–Trinajstić information content (AvgIpc) is 3.07. The second-order valence-electron chi connectivity index (χ2n) is 6.42. The van der Waals surface area contributed by atoms with Crippen LogP contribution in [-0.2, 0) is 0 Å². The Hall–Kier alpha value is -0.540. The van der Waals surface area contributed by atoms with Gasteiger partial charge in [0.25, 0.3) is 0 Å². The topological polar surface area (TPSA) is 12.0 Å². The molecule has 0 radical (unpaired) electrons. The lowest BCUT2D eigenvalue weighted by molar-refractivity contribution is 0.290. The van der Waals surface area contributed by atoms with Crippen LogP contribution in [0.2, 0.25) is 0 Å².